The minimum atomic E-state index is -2.07. The topological polar surface area (TPSA) is 291 Å². The fourth-order valence-electron chi connectivity index (χ4n) is 9.62. The lowest BCUT2D eigenvalue weighted by Gasteiger charge is -2.31. The minimum absolute atomic E-state index is 0.00609. The van der Waals surface area contributed by atoms with Gasteiger partial charge in [0.1, 0.15) is 35.8 Å². The molecule has 0 bridgehead atoms. The van der Waals surface area contributed by atoms with E-state index in [0.29, 0.717) is 70.5 Å². The van der Waals surface area contributed by atoms with Crippen LogP contribution in [0.4, 0.5) is 14.6 Å². The summed E-state index contributed by atoms with van der Waals surface area (Å²) in [6.45, 7) is 5.61. The fraction of sp³-hybridized carbons (Fsp3) is 0.309. The predicted octanol–water partition coefficient (Wildman–Crippen LogP) is 2.86. The molecule has 79 heavy (non-hydrogen) atoms. The Balaban J connectivity index is 0.833. The first-order valence-corrected chi connectivity index (χ1v) is 25.4. The van der Waals surface area contributed by atoms with E-state index in [1.165, 1.54) is 27.6 Å². The SMILES string of the molecule is C=C1C=CC(=O)N1CCCCCC(=O)NCC(=O)NCC(=O)N[C@H](Cc1ccccc1)C(=O)NCC(=O)Nc1ncc(F)cc1-c1cn(Cc2c3c(nc4cc(F)c(C)cc24)-c2cc4c(c(=O)n2C3)COC(=O)[C@]4(O)CC)nn1. The molecule has 7 heterocycles. The second-order valence-electron chi connectivity index (χ2n) is 19.2. The second kappa shape index (κ2) is 23.1. The molecule has 0 saturated carbocycles. The molecule has 6 amide bonds. The highest BCUT2D eigenvalue weighted by Crippen LogP contribution is 2.41. The molecule has 22 nitrogen and oxygen atoms in total. The number of aromatic nitrogens is 6. The van der Waals surface area contributed by atoms with Gasteiger partial charge in [-0.3, -0.25) is 33.6 Å². The third-order valence-electron chi connectivity index (χ3n) is 13.9. The number of nitrogens with zero attached hydrogens (tertiary/aromatic N) is 7. The van der Waals surface area contributed by atoms with Gasteiger partial charge >= 0.3 is 5.97 Å². The largest absolute Gasteiger partial charge is 0.458 e. The maximum Gasteiger partial charge on any atom is 0.343 e. The van der Waals surface area contributed by atoms with E-state index in [-0.39, 0.29) is 84.5 Å². The number of allylic oxidation sites excluding steroid dienone is 1. The zero-order chi connectivity index (χ0) is 56.1. The summed E-state index contributed by atoms with van der Waals surface area (Å²) in [5, 5.41) is 33.1. The maximum atomic E-state index is 15.2. The number of unbranched alkanes of at least 4 members (excludes halogenated alkanes) is 2. The highest BCUT2D eigenvalue weighted by atomic mass is 19.1. The number of aliphatic hydroxyl groups is 1. The molecular formula is C55H54F2N12O10. The molecule has 0 spiro atoms. The van der Waals surface area contributed by atoms with Crippen molar-refractivity contribution in [1.82, 2.24) is 55.7 Å². The molecule has 0 unspecified atom stereocenters. The molecule has 0 aliphatic carbocycles. The molecule has 6 N–H and O–H groups in total. The molecule has 0 radical (unpaired) electrons. The van der Waals surface area contributed by atoms with Crippen molar-refractivity contribution in [2.45, 2.75) is 83.7 Å². The third-order valence-corrected chi connectivity index (χ3v) is 13.9. The zero-order valence-corrected chi connectivity index (χ0v) is 43.0. The number of ether oxygens (including phenoxy) is 1. The summed E-state index contributed by atoms with van der Waals surface area (Å²) in [7, 11) is 0. The monoisotopic (exact) mass is 1080 g/mol. The number of pyridine rings is 3. The van der Waals surface area contributed by atoms with Gasteiger partial charge in [-0.15, -0.1) is 5.10 Å². The van der Waals surface area contributed by atoms with Crippen molar-refractivity contribution in [3.05, 3.63) is 147 Å². The van der Waals surface area contributed by atoms with Gasteiger partial charge in [-0.1, -0.05) is 55.5 Å². The van der Waals surface area contributed by atoms with Crippen molar-refractivity contribution in [3.63, 3.8) is 0 Å². The quantitative estimate of drug-likeness (QED) is 0.0446. The van der Waals surface area contributed by atoms with Gasteiger partial charge in [0.2, 0.25) is 29.5 Å². The highest BCUT2D eigenvalue weighted by molar-refractivity contribution is 5.98. The van der Waals surface area contributed by atoms with Gasteiger partial charge in [-0.05, 0) is 67.2 Å². The van der Waals surface area contributed by atoms with E-state index >= 15 is 4.39 Å². The summed E-state index contributed by atoms with van der Waals surface area (Å²) in [5.41, 5.74) is 1.43. The van der Waals surface area contributed by atoms with Crippen LogP contribution in [0.15, 0.2) is 96.2 Å². The van der Waals surface area contributed by atoms with E-state index in [4.69, 9.17) is 9.72 Å². The fourth-order valence-corrected chi connectivity index (χ4v) is 9.62. The molecule has 3 aliphatic rings. The number of benzene rings is 2. The van der Waals surface area contributed by atoms with E-state index < -0.39 is 78.1 Å². The van der Waals surface area contributed by atoms with Crippen molar-refractivity contribution in [2.75, 3.05) is 31.5 Å². The number of esters is 1. The Bertz CT molecular complexity index is 3560. The number of nitrogens with one attached hydrogen (secondary N) is 5. The van der Waals surface area contributed by atoms with Gasteiger partial charge in [0.15, 0.2) is 5.60 Å². The first kappa shape index (κ1) is 54.5. The smallest absolute Gasteiger partial charge is 0.343 e. The van der Waals surface area contributed by atoms with Crippen molar-refractivity contribution < 1.29 is 52.2 Å². The Morgan fingerprint density at radius 1 is 0.899 bits per heavy atom. The van der Waals surface area contributed by atoms with Crippen LogP contribution >= 0.6 is 0 Å². The average molecular weight is 1080 g/mol. The Kier molecular flexibility index (Phi) is 15.9. The summed E-state index contributed by atoms with van der Waals surface area (Å²) in [5.74, 6) is -5.73. The number of anilines is 1. The number of carbonyl (C=O) groups is 7. The number of fused-ring (bicyclic) bond motifs is 5. The Labute approximate surface area is 449 Å². The lowest BCUT2D eigenvalue weighted by atomic mass is 9.86. The molecule has 6 aromatic rings. The van der Waals surface area contributed by atoms with Gasteiger partial charge in [-0.2, -0.15) is 0 Å². The zero-order valence-electron chi connectivity index (χ0n) is 43.0. The molecule has 4 aromatic heterocycles. The molecule has 0 fully saturated rings. The molecular weight excluding hydrogens is 1030 g/mol. The van der Waals surface area contributed by atoms with Crippen molar-refractivity contribution in [2.24, 2.45) is 0 Å². The number of cyclic esters (lactones) is 1. The Hall–Kier alpha value is -9.32. The number of hydrogen-bond donors (Lipinski definition) is 6. The van der Waals surface area contributed by atoms with Crippen molar-refractivity contribution >= 4 is 58.1 Å². The van der Waals surface area contributed by atoms with E-state index in [1.54, 1.807) is 67.3 Å². The van der Waals surface area contributed by atoms with Gasteiger partial charge in [-0.25, -0.2) is 28.2 Å². The van der Waals surface area contributed by atoms with E-state index in [1.807, 2.05) is 0 Å². The van der Waals surface area contributed by atoms with Crippen LogP contribution in [0.3, 0.4) is 0 Å². The van der Waals surface area contributed by atoms with Crippen LogP contribution in [-0.2, 0) is 70.0 Å². The molecule has 24 heteroatoms. The standard InChI is InChI=1S/C55H54F2N12O10/c1-4-55(78)39-20-44-50-37(27-69(44)53(76)38(39)29-79-54(55)77)36(34-17-30(2)40(57)21-41(34)63-50)26-67-28-43(65-66-67)35-19-33(56)22-60-51(35)64-48(73)25-61-52(75)42(18-32-11-7-5-8-12-32)62-47(72)24-59-46(71)23-58-45(70)13-9-6-10-16-68-31(3)14-15-49(68)74/h5,7-8,11-12,14-15,17,19-22,28,42,78H,3-4,6,9-10,13,16,18,23-27,29H2,1-2H3,(H,58,70)(H,59,71)(H,61,75)(H,62,72)(H,60,64,73)/t42-,55+/m1/s1. The molecule has 3 aliphatic heterocycles. The number of halogens is 2. The number of hydrogen-bond acceptors (Lipinski definition) is 14. The van der Waals surface area contributed by atoms with Crippen LogP contribution in [0.1, 0.15) is 72.4 Å². The van der Waals surface area contributed by atoms with Crippen molar-refractivity contribution in [3.8, 4) is 22.6 Å². The summed E-state index contributed by atoms with van der Waals surface area (Å²) in [6.07, 6.45) is 7.40. The van der Waals surface area contributed by atoms with Gasteiger partial charge in [0, 0.05) is 59.3 Å². The number of aryl methyl sites for hydroxylation is 1. The normalized spacial score (nSPS) is 15.5. The van der Waals surface area contributed by atoms with Crippen LogP contribution in [0.2, 0.25) is 0 Å². The van der Waals surface area contributed by atoms with E-state index in [2.05, 4.69) is 48.5 Å². The van der Waals surface area contributed by atoms with Crippen LogP contribution in [0.5, 0.6) is 0 Å². The molecule has 408 valence electrons. The summed E-state index contributed by atoms with van der Waals surface area (Å²) < 4.78 is 38.2. The summed E-state index contributed by atoms with van der Waals surface area (Å²) >= 11 is 0. The highest BCUT2D eigenvalue weighted by Gasteiger charge is 2.45. The Morgan fingerprint density at radius 2 is 1.66 bits per heavy atom. The van der Waals surface area contributed by atoms with Crippen molar-refractivity contribution in [1.29, 1.82) is 0 Å². The lowest BCUT2D eigenvalue weighted by Crippen LogP contribution is -2.52. The molecule has 0 saturated heterocycles. The first-order valence-electron chi connectivity index (χ1n) is 25.4. The summed E-state index contributed by atoms with van der Waals surface area (Å²) in [4.78, 5) is 114. The number of amides is 6. The van der Waals surface area contributed by atoms with Crippen LogP contribution in [-0.4, -0.2) is 113 Å². The summed E-state index contributed by atoms with van der Waals surface area (Å²) in [6, 6.07) is 13.0. The van der Waals surface area contributed by atoms with Crippen LogP contribution in [0.25, 0.3) is 33.5 Å². The minimum Gasteiger partial charge on any atom is -0.458 e. The average Bonchev–Trinajstić information content (AvgIpc) is 4.36. The Morgan fingerprint density at radius 3 is 2.42 bits per heavy atom. The first-order chi connectivity index (χ1) is 37.9. The molecule has 2 atom stereocenters. The number of rotatable bonds is 21. The predicted molar refractivity (Wildman–Crippen MR) is 280 cm³/mol. The molecule has 2 aromatic carbocycles. The maximum absolute atomic E-state index is 15.2. The molecule has 9 rings (SSSR count). The second-order valence-corrected chi connectivity index (χ2v) is 19.2. The van der Waals surface area contributed by atoms with E-state index in [0.717, 1.165) is 12.3 Å². The third kappa shape index (κ3) is 11.8. The van der Waals surface area contributed by atoms with Gasteiger partial charge in [0.05, 0.1) is 67.6 Å². The van der Waals surface area contributed by atoms with Gasteiger partial charge < -0.3 is 45.9 Å². The van der Waals surface area contributed by atoms with Crippen LogP contribution < -0.4 is 32.1 Å². The lowest BCUT2D eigenvalue weighted by molar-refractivity contribution is -0.172. The van der Waals surface area contributed by atoms with Gasteiger partial charge in [0.25, 0.3) is 11.5 Å². The van der Waals surface area contributed by atoms with E-state index in [9.17, 15) is 47.9 Å². The number of carbonyl (C=O) groups excluding carboxylic acids is 7. The van der Waals surface area contributed by atoms with Crippen LogP contribution in [0, 0.1) is 18.6 Å².